The molecule has 0 amide bonds. The molecule has 0 atom stereocenters. The van der Waals surface area contributed by atoms with E-state index < -0.39 is 0 Å². The Bertz CT molecular complexity index is 3440. The van der Waals surface area contributed by atoms with Gasteiger partial charge in [-0.05, 0) is 75.2 Å². The van der Waals surface area contributed by atoms with Crippen molar-refractivity contribution in [1.82, 2.24) is 9.55 Å². The summed E-state index contributed by atoms with van der Waals surface area (Å²) < 4.78 is 9.17. The van der Waals surface area contributed by atoms with E-state index in [1.165, 1.54) is 5.56 Å². The van der Waals surface area contributed by atoms with E-state index in [4.69, 9.17) is 9.72 Å². The topological polar surface area (TPSA) is 33.5 Å². The van der Waals surface area contributed by atoms with Crippen LogP contribution in [-0.4, -0.2) is 9.55 Å². The first-order valence-corrected chi connectivity index (χ1v) is 23.4. The minimum atomic E-state index is -0.193. The largest absolute Gasteiger partial charge is 0.509 e. The van der Waals surface area contributed by atoms with Crippen LogP contribution in [-0.2, 0) is 31.9 Å². The first-order chi connectivity index (χ1) is 32.9. The third-order valence-electron chi connectivity index (χ3n) is 13.2. The molecule has 0 fully saturated rings. The maximum absolute atomic E-state index is 6.94. The first kappa shape index (κ1) is 45.6. The van der Waals surface area contributed by atoms with E-state index in [1.807, 2.05) is 18.3 Å². The molecule has 8 aromatic carbocycles. The molecule has 3 heterocycles. The van der Waals surface area contributed by atoms with Crippen molar-refractivity contribution < 1.29 is 25.8 Å². The second-order valence-electron chi connectivity index (χ2n) is 19.9. The van der Waals surface area contributed by atoms with Crippen molar-refractivity contribution in [2.24, 2.45) is 0 Å². The van der Waals surface area contributed by atoms with Gasteiger partial charge in [-0.15, -0.1) is 53.6 Å². The van der Waals surface area contributed by atoms with Gasteiger partial charge in [0.25, 0.3) is 0 Å². The van der Waals surface area contributed by atoms with Gasteiger partial charge in [0.2, 0.25) is 0 Å². The zero-order valence-corrected chi connectivity index (χ0v) is 42.3. The van der Waals surface area contributed by atoms with Crippen LogP contribution >= 0.6 is 0 Å². The van der Waals surface area contributed by atoms with E-state index in [0.717, 1.165) is 94.9 Å². The molecule has 2 aromatic heterocycles. The average molecular weight is 1080 g/mol. The standard InChI is InChI=1S/C63H53N4O.Pt/c1-42-34-60(64-40-55(42)45-24-15-10-16-25-45)67-56-33-30-46(62(2,3)4)37-54(56)53-32-31-49(39-59(53)67)68-50-36-47(63(5,6)7)35-48(38-50)65-41-66(58-29-18-17-28-57(58)65)61-51(43-20-11-8-12-21-43)26-19-27-52(61)44-22-13-9-14-23-44;/h8-37,40-41H,1-7H3;/q-3;. The number of nitrogens with zero attached hydrogens (tertiary/aromatic N) is 4. The smallest absolute Gasteiger partial charge is 0.135 e. The normalized spacial score (nSPS) is 12.6. The van der Waals surface area contributed by atoms with Crippen LogP contribution in [0.2, 0.25) is 0 Å². The molecule has 0 aliphatic carbocycles. The molecule has 1 aliphatic heterocycles. The maximum Gasteiger partial charge on any atom is 0.135 e. The summed E-state index contributed by atoms with van der Waals surface area (Å²) in [5.74, 6) is 2.04. The van der Waals surface area contributed by atoms with Crippen LogP contribution in [0.25, 0.3) is 61.0 Å². The third kappa shape index (κ3) is 8.55. The Morgan fingerprint density at radius 1 is 0.507 bits per heavy atom. The number of benzene rings is 8. The molecule has 0 saturated heterocycles. The summed E-state index contributed by atoms with van der Waals surface area (Å²) in [6.07, 6.45) is 1.99. The van der Waals surface area contributed by atoms with Gasteiger partial charge in [0, 0.05) is 78.0 Å². The molecule has 10 aromatic rings. The molecular weight excluding hydrogens is 1020 g/mol. The minimum Gasteiger partial charge on any atom is -0.509 e. The van der Waals surface area contributed by atoms with Crippen LogP contribution in [0.1, 0.15) is 58.2 Å². The van der Waals surface area contributed by atoms with Crippen LogP contribution in [0, 0.1) is 25.7 Å². The second kappa shape index (κ2) is 18.0. The number of aromatic nitrogens is 2. The van der Waals surface area contributed by atoms with Crippen molar-refractivity contribution in [2.75, 3.05) is 9.80 Å². The van der Waals surface area contributed by atoms with E-state index in [9.17, 15) is 0 Å². The van der Waals surface area contributed by atoms with Crippen molar-refractivity contribution >= 4 is 44.6 Å². The zero-order chi connectivity index (χ0) is 46.7. The zero-order valence-electron chi connectivity index (χ0n) is 40.0. The van der Waals surface area contributed by atoms with E-state index >= 15 is 0 Å². The monoisotopic (exact) mass is 1080 g/mol. The molecule has 11 rings (SSSR count). The molecule has 6 heteroatoms. The summed E-state index contributed by atoms with van der Waals surface area (Å²) in [4.78, 5) is 9.70. The van der Waals surface area contributed by atoms with Crippen LogP contribution < -0.4 is 14.5 Å². The first-order valence-electron chi connectivity index (χ1n) is 23.4. The Morgan fingerprint density at radius 3 is 1.68 bits per heavy atom. The van der Waals surface area contributed by atoms with E-state index in [2.05, 4.69) is 251 Å². The molecular formula is C63H53N4OPt-3. The number of anilines is 4. The predicted molar refractivity (Wildman–Crippen MR) is 283 cm³/mol. The van der Waals surface area contributed by atoms with Gasteiger partial charge in [-0.3, -0.25) is 0 Å². The molecule has 0 saturated carbocycles. The Balaban J connectivity index is 0.00000553. The Morgan fingerprint density at radius 2 is 1.09 bits per heavy atom. The molecule has 5 nitrogen and oxygen atoms in total. The van der Waals surface area contributed by atoms with Crippen molar-refractivity contribution in [2.45, 2.75) is 59.3 Å². The van der Waals surface area contributed by atoms with Crippen LogP contribution in [0.15, 0.2) is 188 Å². The fourth-order valence-corrected chi connectivity index (χ4v) is 9.52. The number of hydrogen-bond acceptors (Lipinski definition) is 4. The molecule has 69 heavy (non-hydrogen) atoms. The maximum atomic E-state index is 6.94. The predicted octanol–water partition coefficient (Wildman–Crippen LogP) is 16.9. The number of aryl methyl sites for hydroxylation is 1. The summed E-state index contributed by atoms with van der Waals surface area (Å²) in [7, 11) is 0. The number of fused-ring (bicyclic) bond motifs is 4. The summed E-state index contributed by atoms with van der Waals surface area (Å²) in [5.41, 5.74) is 16.3. The van der Waals surface area contributed by atoms with Gasteiger partial charge in [-0.2, -0.15) is 6.07 Å². The van der Waals surface area contributed by atoms with Gasteiger partial charge in [0.15, 0.2) is 0 Å². The Labute approximate surface area is 420 Å². The summed E-state index contributed by atoms with van der Waals surface area (Å²) in [6, 6.07) is 72.0. The van der Waals surface area contributed by atoms with Crippen molar-refractivity contribution in [1.29, 1.82) is 0 Å². The number of rotatable bonds is 8. The fourth-order valence-electron chi connectivity index (χ4n) is 9.52. The van der Waals surface area contributed by atoms with Crippen molar-refractivity contribution in [3.05, 3.63) is 224 Å². The van der Waals surface area contributed by atoms with Crippen LogP contribution in [0.4, 0.5) is 22.7 Å². The number of ether oxygens (including phenoxy) is 1. The molecule has 0 bridgehead atoms. The van der Waals surface area contributed by atoms with E-state index in [0.29, 0.717) is 11.5 Å². The van der Waals surface area contributed by atoms with Crippen molar-refractivity contribution in [3.8, 4) is 50.7 Å². The summed E-state index contributed by atoms with van der Waals surface area (Å²) >= 11 is 0. The number of hydrogen-bond donors (Lipinski definition) is 0. The third-order valence-corrected chi connectivity index (χ3v) is 13.2. The van der Waals surface area contributed by atoms with Crippen LogP contribution in [0.3, 0.4) is 0 Å². The minimum absolute atomic E-state index is 0. The quantitative estimate of drug-likeness (QED) is 0.142. The van der Waals surface area contributed by atoms with Crippen LogP contribution in [0.5, 0.6) is 11.5 Å². The SMILES string of the molecule is Cc1cc(-n2c3[c-]c(Oc4[c-]c(N5[CH-]N(c6c(-c7ccccc7)cccc6-c6ccccc6)c6ccccc65)cc(C(C)(C)C)c4)ccc3c3cc(C(C)(C)C)ccc32)ncc1-c1ccccc1.[Pt]. The van der Waals surface area contributed by atoms with Gasteiger partial charge in [0.1, 0.15) is 5.82 Å². The van der Waals surface area contributed by atoms with Crippen molar-refractivity contribution in [3.63, 3.8) is 0 Å². The molecule has 0 spiro atoms. The molecule has 1 aliphatic rings. The number of pyridine rings is 1. The van der Waals surface area contributed by atoms with E-state index in [-0.39, 0.29) is 31.9 Å². The van der Waals surface area contributed by atoms with Gasteiger partial charge in [-0.1, -0.05) is 181 Å². The van der Waals surface area contributed by atoms with Gasteiger partial charge in [0.05, 0.1) is 0 Å². The number of para-hydroxylation sites is 3. The molecule has 0 unspecified atom stereocenters. The molecule has 0 radical (unpaired) electrons. The summed E-state index contributed by atoms with van der Waals surface area (Å²) in [6.45, 7) is 17.9. The fraction of sp³-hybridized carbons (Fsp3) is 0.143. The van der Waals surface area contributed by atoms with Gasteiger partial charge >= 0.3 is 0 Å². The van der Waals surface area contributed by atoms with E-state index in [1.54, 1.807) is 0 Å². The average Bonchev–Trinajstić information content (AvgIpc) is 3.89. The molecule has 344 valence electrons. The van der Waals surface area contributed by atoms with Gasteiger partial charge < -0.3 is 19.1 Å². The Kier molecular flexibility index (Phi) is 11.9. The summed E-state index contributed by atoms with van der Waals surface area (Å²) in [5, 5.41) is 2.25. The molecule has 0 N–H and O–H groups in total. The van der Waals surface area contributed by atoms with Gasteiger partial charge in [-0.25, -0.2) is 4.98 Å². The second-order valence-corrected chi connectivity index (χ2v) is 19.9. The Hall–Kier alpha value is -7.20.